The SMILES string of the molecule is CCCC(C)NC(=O)O[SiH3]. The zero-order chi connectivity index (χ0) is 7.98. The third-order valence-corrected chi connectivity index (χ3v) is 1.64. The molecule has 0 aromatic carbocycles. The lowest BCUT2D eigenvalue weighted by Gasteiger charge is -2.10. The van der Waals surface area contributed by atoms with E-state index in [1.165, 1.54) is 0 Å². The summed E-state index contributed by atoms with van der Waals surface area (Å²) in [6.45, 7) is 4.06. The van der Waals surface area contributed by atoms with Gasteiger partial charge in [-0.3, -0.25) is 0 Å². The Labute approximate surface area is 64.7 Å². The van der Waals surface area contributed by atoms with Crippen LogP contribution in [0.3, 0.4) is 0 Å². The van der Waals surface area contributed by atoms with Crippen molar-refractivity contribution in [3.63, 3.8) is 0 Å². The fraction of sp³-hybridized carbons (Fsp3) is 0.833. The van der Waals surface area contributed by atoms with Crippen LogP contribution in [-0.2, 0) is 4.43 Å². The lowest BCUT2D eigenvalue weighted by molar-refractivity contribution is 0.200. The lowest BCUT2D eigenvalue weighted by atomic mass is 10.2. The van der Waals surface area contributed by atoms with Gasteiger partial charge in [-0.15, -0.1) is 0 Å². The highest BCUT2D eigenvalue weighted by Gasteiger charge is 2.03. The monoisotopic (exact) mass is 161 g/mol. The van der Waals surface area contributed by atoms with Crippen LogP contribution in [0, 0.1) is 0 Å². The quantitative estimate of drug-likeness (QED) is 0.600. The van der Waals surface area contributed by atoms with E-state index in [1.54, 1.807) is 0 Å². The molecule has 0 radical (unpaired) electrons. The van der Waals surface area contributed by atoms with Crippen LogP contribution in [0.4, 0.5) is 4.79 Å². The first-order valence-electron chi connectivity index (χ1n) is 3.55. The standard InChI is InChI=1S/C6H15NO2Si/c1-3-4-5(2)7-6(8)9-10/h5H,3-4H2,1-2,10H3,(H,7,8). The molecule has 60 valence electrons. The number of hydrogen-bond donors (Lipinski definition) is 1. The van der Waals surface area contributed by atoms with Crippen LogP contribution >= 0.6 is 0 Å². The van der Waals surface area contributed by atoms with E-state index in [4.69, 9.17) is 0 Å². The van der Waals surface area contributed by atoms with Crippen molar-refractivity contribution in [3.8, 4) is 0 Å². The fourth-order valence-electron chi connectivity index (χ4n) is 0.765. The van der Waals surface area contributed by atoms with Crippen molar-refractivity contribution >= 4 is 16.6 Å². The first kappa shape index (κ1) is 9.49. The molecule has 0 aliphatic rings. The molecule has 0 saturated carbocycles. The molecule has 10 heavy (non-hydrogen) atoms. The van der Waals surface area contributed by atoms with Crippen molar-refractivity contribution in [1.29, 1.82) is 0 Å². The molecule has 0 aliphatic heterocycles. The van der Waals surface area contributed by atoms with E-state index in [0.29, 0.717) is 10.5 Å². The molecular formula is C6H15NO2Si. The Kier molecular flexibility index (Phi) is 5.01. The normalized spacial score (nSPS) is 12.6. The van der Waals surface area contributed by atoms with Crippen LogP contribution in [0.25, 0.3) is 0 Å². The Morgan fingerprint density at radius 2 is 2.40 bits per heavy atom. The molecule has 0 rings (SSSR count). The van der Waals surface area contributed by atoms with Gasteiger partial charge < -0.3 is 9.74 Å². The van der Waals surface area contributed by atoms with Gasteiger partial charge in [0.05, 0.1) is 0 Å². The predicted octanol–water partition coefficient (Wildman–Crippen LogP) is 0.182. The summed E-state index contributed by atoms with van der Waals surface area (Å²) in [5.74, 6) is 0. The van der Waals surface area contributed by atoms with Gasteiger partial charge in [-0.05, 0) is 13.3 Å². The molecule has 0 bridgehead atoms. The Morgan fingerprint density at radius 3 is 2.80 bits per heavy atom. The van der Waals surface area contributed by atoms with Crippen LogP contribution in [0.5, 0.6) is 0 Å². The minimum absolute atomic E-state index is 0.242. The molecule has 0 fully saturated rings. The number of amides is 1. The topological polar surface area (TPSA) is 38.3 Å². The van der Waals surface area contributed by atoms with Crippen LogP contribution in [0.15, 0.2) is 0 Å². The Balaban J connectivity index is 3.37. The summed E-state index contributed by atoms with van der Waals surface area (Å²) in [6, 6.07) is 0.242. The average molecular weight is 161 g/mol. The zero-order valence-corrected chi connectivity index (χ0v) is 8.81. The maximum atomic E-state index is 10.6. The van der Waals surface area contributed by atoms with Crippen molar-refractivity contribution in [2.45, 2.75) is 32.7 Å². The molecule has 0 aliphatic carbocycles. The van der Waals surface area contributed by atoms with Gasteiger partial charge in [0, 0.05) is 6.04 Å². The average Bonchev–Trinajstić information content (AvgIpc) is 1.88. The molecule has 1 amide bonds. The molecule has 1 unspecified atom stereocenters. The Bertz CT molecular complexity index is 108. The number of carbonyl (C=O) groups is 1. The number of nitrogens with one attached hydrogen (secondary N) is 1. The van der Waals surface area contributed by atoms with Gasteiger partial charge in [-0.25, -0.2) is 4.79 Å². The van der Waals surface area contributed by atoms with Crippen LogP contribution in [0.2, 0.25) is 0 Å². The van der Waals surface area contributed by atoms with Crippen molar-refractivity contribution in [2.24, 2.45) is 0 Å². The van der Waals surface area contributed by atoms with Gasteiger partial charge in [0.1, 0.15) is 0 Å². The van der Waals surface area contributed by atoms with Crippen LogP contribution < -0.4 is 5.32 Å². The van der Waals surface area contributed by atoms with E-state index in [1.807, 2.05) is 6.92 Å². The Hall–Kier alpha value is -0.513. The van der Waals surface area contributed by atoms with Crippen molar-refractivity contribution in [1.82, 2.24) is 5.32 Å². The molecule has 3 nitrogen and oxygen atoms in total. The highest BCUT2D eigenvalue weighted by atomic mass is 28.2. The smallest absolute Gasteiger partial charge is 0.393 e. The van der Waals surface area contributed by atoms with Gasteiger partial charge >= 0.3 is 6.09 Å². The van der Waals surface area contributed by atoms with Gasteiger partial charge in [0.2, 0.25) is 10.5 Å². The number of rotatable bonds is 3. The van der Waals surface area contributed by atoms with E-state index in [2.05, 4.69) is 16.7 Å². The van der Waals surface area contributed by atoms with Crippen LogP contribution in [-0.4, -0.2) is 22.6 Å². The van der Waals surface area contributed by atoms with Gasteiger partial charge in [0.15, 0.2) is 0 Å². The van der Waals surface area contributed by atoms with Gasteiger partial charge in [0.25, 0.3) is 0 Å². The second-order valence-electron chi connectivity index (χ2n) is 2.33. The first-order valence-corrected chi connectivity index (χ1v) is 4.36. The lowest BCUT2D eigenvalue weighted by Crippen LogP contribution is -2.32. The largest absolute Gasteiger partial charge is 0.513 e. The second-order valence-corrected chi connectivity index (χ2v) is 2.73. The van der Waals surface area contributed by atoms with Gasteiger partial charge in [-0.1, -0.05) is 13.3 Å². The highest BCUT2D eigenvalue weighted by Crippen LogP contribution is 1.94. The summed E-state index contributed by atoms with van der Waals surface area (Å²) in [5.41, 5.74) is 0. The van der Waals surface area contributed by atoms with Crippen LogP contribution in [0.1, 0.15) is 26.7 Å². The molecule has 0 saturated heterocycles. The number of hydrogen-bond acceptors (Lipinski definition) is 2. The van der Waals surface area contributed by atoms with Gasteiger partial charge in [-0.2, -0.15) is 0 Å². The molecule has 1 atom stereocenters. The third-order valence-electron chi connectivity index (χ3n) is 1.27. The maximum absolute atomic E-state index is 10.6. The molecule has 0 spiro atoms. The number of carbonyl (C=O) groups excluding carboxylic acids is 1. The summed E-state index contributed by atoms with van der Waals surface area (Å²) in [7, 11) is 0.470. The van der Waals surface area contributed by atoms with E-state index >= 15 is 0 Å². The van der Waals surface area contributed by atoms with E-state index in [0.717, 1.165) is 12.8 Å². The Morgan fingerprint density at radius 1 is 1.80 bits per heavy atom. The third kappa shape index (κ3) is 4.37. The molecule has 0 heterocycles. The van der Waals surface area contributed by atoms with Crippen molar-refractivity contribution in [2.75, 3.05) is 0 Å². The van der Waals surface area contributed by atoms with E-state index in [-0.39, 0.29) is 12.1 Å². The summed E-state index contributed by atoms with van der Waals surface area (Å²) in [4.78, 5) is 10.6. The predicted molar refractivity (Wildman–Crippen MR) is 43.9 cm³/mol. The zero-order valence-electron chi connectivity index (χ0n) is 6.81. The fourth-order valence-corrected chi connectivity index (χ4v) is 0.883. The second kappa shape index (κ2) is 5.29. The van der Waals surface area contributed by atoms with Crippen molar-refractivity contribution < 1.29 is 9.22 Å². The molecule has 0 aromatic rings. The molecule has 1 N–H and O–H groups in total. The highest BCUT2D eigenvalue weighted by molar-refractivity contribution is 6.05. The molecule has 4 heteroatoms. The van der Waals surface area contributed by atoms with E-state index in [9.17, 15) is 4.79 Å². The van der Waals surface area contributed by atoms with Crippen molar-refractivity contribution in [3.05, 3.63) is 0 Å². The maximum Gasteiger partial charge on any atom is 0.393 e. The van der Waals surface area contributed by atoms with E-state index < -0.39 is 0 Å². The summed E-state index contributed by atoms with van der Waals surface area (Å²) >= 11 is 0. The summed E-state index contributed by atoms with van der Waals surface area (Å²) in [6.07, 6.45) is 1.81. The first-order chi connectivity index (χ1) is 4.70. The molecule has 0 aromatic heterocycles. The molecular weight excluding hydrogens is 146 g/mol. The minimum atomic E-state index is -0.285. The minimum Gasteiger partial charge on any atom is -0.513 e. The summed E-state index contributed by atoms with van der Waals surface area (Å²) < 4.78 is 4.56. The summed E-state index contributed by atoms with van der Waals surface area (Å²) in [5, 5.41) is 2.70.